The quantitative estimate of drug-likeness (QED) is 0.0469. The fourth-order valence-corrected chi connectivity index (χ4v) is 9.48. The molecule has 0 amide bonds. The lowest BCUT2D eigenvalue weighted by molar-refractivity contribution is 0.717. The van der Waals surface area contributed by atoms with Crippen molar-refractivity contribution in [1.29, 1.82) is 0 Å². The van der Waals surface area contributed by atoms with Crippen LogP contribution in [0, 0.1) is 0 Å². The maximum absolute atomic E-state index is 5.29. The Morgan fingerprint density at radius 3 is 0.682 bits per heavy atom. The highest BCUT2D eigenvalue weighted by Crippen LogP contribution is 2.26. The number of benzene rings is 6. The van der Waals surface area contributed by atoms with Crippen LogP contribution in [0.5, 0.6) is 0 Å². The van der Waals surface area contributed by atoms with Gasteiger partial charge < -0.3 is 0 Å². The number of hydrogen-bond acceptors (Lipinski definition) is 1. The van der Waals surface area contributed by atoms with E-state index in [0.29, 0.717) is 0 Å². The van der Waals surface area contributed by atoms with Crippen LogP contribution in [-0.2, 0) is 57.8 Å². The van der Waals surface area contributed by atoms with E-state index in [1.165, 1.54) is 161 Å². The van der Waals surface area contributed by atoms with E-state index in [4.69, 9.17) is 4.98 Å². The minimum Gasteiger partial charge on any atom is -0.258 e. The zero-order valence-corrected chi connectivity index (χ0v) is 40.8. The summed E-state index contributed by atoms with van der Waals surface area (Å²) in [6.45, 7) is 6.82. The van der Waals surface area contributed by atoms with E-state index in [2.05, 4.69) is 178 Å². The Labute approximate surface area is 400 Å². The lowest BCUT2D eigenvalue weighted by atomic mass is 9.97. The molecule has 342 valence electrons. The van der Waals surface area contributed by atoms with Gasteiger partial charge in [-0.2, -0.15) is 0 Å². The summed E-state index contributed by atoms with van der Waals surface area (Å²) in [6, 6.07) is 60.3. The van der Waals surface area contributed by atoms with E-state index in [1.807, 2.05) is 0 Å². The van der Waals surface area contributed by atoms with Crippen molar-refractivity contribution in [3.63, 3.8) is 0 Å². The molecule has 0 aliphatic heterocycles. The molecule has 0 atom stereocenters. The van der Waals surface area contributed by atoms with E-state index < -0.39 is 0 Å². The molecule has 0 aliphatic rings. The molecule has 0 saturated heterocycles. The first-order valence-corrected chi connectivity index (χ1v) is 26.1. The maximum Gasteiger partial charge on any atom is 0.0409 e. The fourth-order valence-electron chi connectivity index (χ4n) is 9.48. The summed E-state index contributed by atoms with van der Waals surface area (Å²) in [7, 11) is 0. The van der Waals surface area contributed by atoms with Crippen molar-refractivity contribution >= 4 is 0 Å². The van der Waals surface area contributed by atoms with Crippen LogP contribution < -0.4 is 0 Å². The van der Waals surface area contributed by atoms with Crippen molar-refractivity contribution in [2.45, 2.75) is 156 Å². The van der Waals surface area contributed by atoms with Crippen LogP contribution in [0.3, 0.4) is 0 Å². The molecule has 1 heteroatoms. The van der Waals surface area contributed by atoms with Gasteiger partial charge in [0.1, 0.15) is 0 Å². The number of hydrogen-bond donors (Lipinski definition) is 0. The number of aromatic nitrogens is 1. The van der Waals surface area contributed by atoms with E-state index in [0.717, 1.165) is 57.8 Å². The van der Waals surface area contributed by atoms with Crippen molar-refractivity contribution < 1.29 is 0 Å². The molecule has 0 bridgehead atoms. The van der Waals surface area contributed by atoms with Gasteiger partial charge in [-0.1, -0.05) is 205 Å². The fraction of sp³-hybridized carbons (Fsp3) is 0.369. The van der Waals surface area contributed by atoms with Crippen LogP contribution in [0.2, 0.25) is 0 Å². The van der Waals surface area contributed by atoms with Gasteiger partial charge >= 0.3 is 0 Å². The lowest BCUT2D eigenvalue weighted by Gasteiger charge is -2.11. The van der Waals surface area contributed by atoms with E-state index >= 15 is 0 Å². The molecular weight excluding hydrogens is 795 g/mol. The van der Waals surface area contributed by atoms with Gasteiger partial charge in [-0.05, 0) is 181 Å². The Morgan fingerprint density at radius 1 is 0.227 bits per heavy atom. The molecule has 7 aromatic rings. The summed E-state index contributed by atoms with van der Waals surface area (Å²) in [6.07, 6.45) is 24.8. The summed E-state index contributed by atoms with van der Waals surface area (Å²) >= 11 is 0. The zero-order chi connectivity index (χ0) is 45.6. The first kappa shape index (κ1) is 48.4. The van der Waals surface area contributed by atoms with E-state index in [-0.39, 0.29) is 0 Å². The predicted octanol–water partition coefficient (Wildman–Crippen LogP) is 17.8. The molecule has 7 rings (SSSR count). The average molecular weight is 872 g/mol. The van der Waals surface area contributed by atoms with Gasteiger partial charge in [0.05, 0.1) is 0 Å². The zero-order valence-electron chi connectivity index (χ0n) is 40.8. The van der Waals surface area contributed by atoms with Crippen LogP contribution in [-0.4, -0.2) is 4.98 Å². The Kier molecular flexibility index (Phi) is 19.5. The third-order valence-corrected chi connectivity index (χ3v) is 13.6. The number of aryl methyl sites for hydroxylation is 9. The predicted molar refractivity (Wildman–Crippen MR) is 286 cm³/mol. The summed E-state index contributed by atoms with van der Waals surface area (Å²) in [5.41, 5.74) is 20.3. The topological polar surface area (TPSA) is 12.9 Å². The average Bonchev–Trinajstić information content (AvgIpc) is 3.36. The lowest BCUT2D eigenvalue weighted by Crippen LogP contribution is -2.02. The molecule has 1 heterocycles. The summed E-state index contributed by atoms with van der Waals surface area (Å²) in [5.74, 6) is 0. The number of unbranched alkanes of at least 4 members (excludes halogenated alkanes) is 6. The summed E-state index contributed by atoms with van der Waals surface area (Å²) < 4.78 is 0. The van der Waals surface area contributed by atoms with E-state index in [1.54, 1.807) is 0 Å². The highest BCUT2D eigenvalue weighted by molar-refractivity contribution is 5.66. The van der Waals surface area contributed by atoms with Crippen LogP contribution >= 0.6 is 0 Å². The van der Waals surface area contributed by atoms with E-state index in [9.17, 15) is 0 Å². The van der Waals surface area contributed by atoms with Gasteiger partial charge in [-0.3, -0.25) is 4.98 Å². The molecule has 0 spiro atoms. The Hall–Kier alpha value is -5.53. The monoisotopic (exact) mass is 872 g/mol. The minimum atomic E-state index is 1.00. The Morgan fingerprint density at radius 2 is 0.439 bits per heavy atom. The van der Waals surface area contributed by atoms with Crippen molar-refractivity contribution in [2.24, 2.45) is 0 Å². The SMILES string of the molecule is CCCCCc1ccc(-c2ccc(CCCc3cc(CCCc4ccc(-c5ccc(CCCCC)cc5)cc4)nc(CCCc4ccc(-c5ccc(CCCCC)cc5)cc4)c3)cc2)cc1. The highest BCUT2D eigenvalue weighted by Gasteiger charge is 2.08. The molecule has 0 unspecified atom stereocenters. The van der Waals surface area contributed by atoms with Crippen molar-refractivity contribution in [2.75, 3.05) is 0 Å². The van der Waals surface area contributed by atoms with Crippen LogP contribution in [0.15, 0.2) is 158 Å². The molecule has 1 aromatic heterocycles. The molecule has 6 aromatic carbocycles. The van der Waals surface area contributed by atoms with Gasteiger partial charge in [0, 0.05) is 11.4 Å². The van der Waals surface area contributed by atoms with Gasteiger partial charge in [0.25, 0.3) is 0 Å². The normalized spacial score (nSPS) is 11.3. The van der Waals surface area contributed by atoms with Crippen LogP contribution in [0.1, 0.15) is 148 Å². The number of rotatable bonds is 27. The van der Waals surface area contributed by atoms with Crippen LogP contribution in [0.4, 0.5) is 0 Å². The standard InChI is InChI=1S/C65H77N/c1-4-7-10-16-51-25-37-58(38-26-51)61-43-31-54(32-44-61)19-13-22-57-49-64(23-14-20-55-33-45-62(46-34-55)59-39-27-52(28-40-59)17-11-8-5-2)66-65(50-57)24-15-21-56-35-47-63(48-36-56)60-41-29-53(30-42-60)18-12-9-6-3/h25-50H,4-24H2,1-3H3. The maximum atomic E-state index is 5.29. The molecule has 0 radical (unpaired) electrons. The Bertz CT molecular complexity index is 2130. The second-order valence-electron chi connectivity index (χ2n) is 19.1. The molecule has 0 N–H and O–H groups in total. The van der Waals surface area contributed by atoms with Gasteiger partial charge in [0.2, 0.25) is 0 Å². The molecule has 0 fully saturated rings. The third-order valence-electron chi connectivity index (χ3n) is 13.6. The second kappa shape index (κ2) is 26.6. The molecule has 1 nitrogen and oxygen atoms in total. The molecular formula is C65H77N. The Balaban J connectivity index is 0.945. The van der Waals surface area contributed by atoms with Crippen LogP contribution in [0.25, 0.3) is 33.4 Å². The second-order valence-corrected chi connectivity index (χ2v) is 19.1. The largest absolute Gasteiger partial charge is 0.258 e. The van der Waals surface area contributed by atoms with Crippen molar-refractivity contribution in [1.82, 2.24) is 4.98 Å². The molecule has 0 saturated carbocycles. The first-order valence-electron chi connectivity index (χ1n) is 26.1. The van der Waals surface area contributed by atoms with Crippen molar-refractivity contribution in [3.8, 4) is 33.4 Å². The minimum absolute atomic E-state index is 1.00. The van der Waals surface area contributed by atoms with Gasteiger partial charge in [-0.25, -0.2) is 0 Å². The summed E-state index contributed by atoms with van der Waals surface area (Å²) in [4.78, 5) is 5.29. The number of pyridine rings is 1. The van der Waals surface area contributed by atoms with Crippen molar-refractivity contribution in [3.05, 3.63) is 208 Å². The first-order chi connectivity index (χ1) is 32.5. The smallest absolute Gasteiger partial charge is 0.0409 e. The highest BCUT2D eigenvalue weighted by atomic mass is 14.7. The van der Waals surface area contributed by atoms with Gasteiger partial charge in [0.15, 0.2) is 0 Å². The van der Waals surface area contributed by atoms with Gasteiger partial charge in [-0.15, -0.1) is 0 Å². The third kappa shape index (κ3) is 15.5. The summed E-state index contributed by atoms with van der Waals surface area (Å²) in [5, 5.41) is 0. The molecule has 0 aliphatic carbocycles. The molecule has 66 heavy (non-hydrogen) atoms. The number of nitrogens with zero attached hydrogens (tertiary/aromatic N) is 1.